The maximum Gasteiger partial charge on any atom is 0.254 e. The molecule has 1 fully saturated rings. The molecule has 0 N–H and O–H groups in total. The molecule has 3 aromatic rings. The number of rotatable bonds is 4. The Morgan fingerprint density at radius 2 is 1.74 bits per heavy atom. The highest BCUT2D eigenvalue weighted by Gasteiger charge is 2.38. The number of pyridine rings is 1. The van der Waals surface area contributed by atoms with E-state index in [1.807, 2.05) is 37.3 Å². The Labute approximate surface area is 157 Å². The molecule has 6 nitrogen and oxygen atoms in total. The molecule has 1 aromatic heterocycles. The number of hydrogen-bond acceptors (Lipinski definition) is 4. The average molecular weight is 384 g/mol. The highest BCUT2D eigenvalue weighted by atomic mass is 32.2. The molecule has 4 rings (SSSR count). The van der Waals surface area contributed by atoms with E-state index in [1.165, 1.54) is 14.9 Å². The fourth-order valence-corrected chi connectivity index (χ4v) is 4.95. The lowest BCUT2D eigenvalue weighted by atomic mass is 10.1. The summed E-state index contributed by atoms with van der Waals surface area (Å²) in [6.07, 6.45) is -0.263. The number of aromatic nitrogens is 1. The first-order valence-corrected chi connectivity index (χ1v) is 10.1. The van der Waals surface area contributed by atoms with Crippen molar-refractivity contribution >= 4 is 20.8 Å². The van der Waals surface area contributed by atoms with Crippen molar-refractivity contribution in [3.63, 3.8) is 0 Å². The summed E-state index contributed by atoms with van der Waals surface area (Å²) in [6, 6.07) is 15.9. The molecule has 140 valence electrons. The molecule has 7 heteroatoms. The minimum atomic E-state index is -3.59. The molecular weight excluding hydrogens is 364 g/mol. The minimum Gasteiger partial charge on any atom is -0.487 e. The van der Waals surface area contributed by atoms with Gasteiger partial charge in [0.05, 0.1) is 18.0 Å². The van der Waals surface area contributed by atoms with Gasteiger partial charge in [0, 0.05) is 24.2 Å². The highest BCUT2D eigenvalue weighted by molar-refractivity contribution is 7.89. The summed E-state index contributed by atoms with van der Waals surface area (Å²) in [6.45, 7) is 2.35. The van der Waals surface area contributed by atoms with Crippen LogP contribution in [0.25, 0.3) is 10.8 Å². The van der Waals surface area contributed by atoms with Gasteiger partial charge in [0.15, 0.2) is 0 Å². The Balaban J connectivity index is 1.52. The normalized spacial score (nSPS) is 15.6. The van der Waals surface area contributed by atoms with Crippen molar-refractivity contribution in [2.75, 3.05) is 13.1 Å². The SMILES string of the molecule is Cc1cc(OC2CN(S(=O)(=O)c3cccc4ccccc34)C2)cc(=O)n1C. The van der Waals surface area contributed by atoms with Crippen LogP contribution >= 0.6 is 0 Å². The van der Waals surface area contributed by atoms with Crippen molar-refractivity contribution in [1.82, 2.24) is 8.87 Å². The summed E-state index contributed by atoms with van der Waals surface area (Å²) in [4.78, 5) is 12.2. The second-order valence-electron chi connectivity index (χ2n) is 6.77. The van der Waals surface area contributed by atoms with E-state index in [9.17, 15) is 13.2 Å². The quantitative estimate of drug-likeness (QED) is 0.692. The van der Waals surface area contributed by atoms with Crippen molar-refractivity contribution in [2.24, 2.45) is 7.05 Å². The Morgan fingerprint density at radius 1 is 1.04 bits per heavy atom. The van der Waals surface area contributed by atoms with Gasteiger partial charge >= 0.3 is 0 Å². The Morgan fingerprint density at radius 3 is 2.48 bits per heavy atom. The molecule has 0 amide bonds. The smallest absolute Gasteiger partial charge is 0.254 e. The zero-order valence-electron chi connectivity index (χ0n) is 15.1. The molecule has 2 heterocycles. The van der Waals surface area contributed by atoms with Gasteiger partial charge in [0.2, 0.25) is 10.0 Å². The summed E-state index contributed by atoms with van der Waals surface area (Å²) >= 11 is 0. The van der Waals surface area contributed by atoms with E-state index < -0.39 is 10.0 Å². The lowest BCUT2D eigenvalue weighted by Gasteiger charge is -2.38. The largest absolute Gasteiger partial charge is 0.487 e. The summed E-state index contributed by atoms with van der Waals surface area (Å²) in [7, 11) is -1.89. The van der Waals surface area contributed by atoms with Gasteiger partial charge in [-0.1, -0.05) is 36.4 Å². The van der Waals surface area contributed by atoms with Crippen LogP contribution in [0.15, 0.2) is 64.3 Å². The van der Waals surface area contributed by atoms with E-state index >= 15 is 0 Å². The van der Waals surface area contributed by atoms with Crippen LogP contribution in [0.1, 0.15) is 5.69 Å². The van der Waals surface area contributed by atoms with Crippen LogP contribution in [0.5, 0.6) is 5.75 Å². The lowest BCUT2D eigenvalue weighted by Crippen LogP contribution is -2.56. The van der Waals surface area contributed by atoms with Gasteiger partial charge in [-0.3, -0.25) is 4.79 Å². The summed E-state index contributed by atoms with van der Waals surface area (Å²) in [5.41, 5.74) is 0.640. The third-order valence-corrected chi connectivity index (χ3v) is 6.85. The number of ether oxygens (including phenoxy) is 1. The molecular formula is C20H20N2O4S. The topological polar surface area (TPSA) is 68.6 Å². The van der Waals surface area contributed by atoms with Crippen molar-refractivity contribution in [3.8, 4) is 5.75 Å². The van der Waals surface area contributed by atoms with E-state index in [1.54, 1.807) is 25.2 Å². The van der Waals surface area contributed by atoms with Crippen LogP contribution in [0, 0.1) is 6.92 Å². The second-order valence-corrected chi connectivity index (χ2v) is 8.68. The van der Waals surface area contributed by atoms with Gasteiger partial charge in [-0.05, 0) is 24.4 Å². The Hall–Kier alpha value is -2.64. The summed E-state index contributed by atoms with van der Waals surface area (Å²) < 4.78 is 34.7. The second kappa shape index (κ2) is 6.51. The molecule has 2 aromatic carbocycles. The number of benzene rings is 2. The molecule has 1 aliphatic rings. The first-order chi connectivity index (χ1) is 12.9. The van der Waals surface area contributed by atoms with Gasteiger partial charge in [0.1, 0.15) is 11.9 Å². The van der Waals surface area contributed by atoms with E-state index in [4.69, 9.17) is 4.74 Å². The van der Waals surface area contributed by atoms with Crippen LogP contribution in [0.4, 0.5) is 0 Å². The van der Waals surface area contributed by atoms with Crippen LogP contribution in [-0.2, 0) is 17.1 Å². The molecule has 0 bridgehead atoms. The molecule has 0 radical (unpaired) electrons. The maximum absolute atomic E-state index is 13.0. The number of nitrogens with zero attached hydrogens (tertiary/aromatic N) is 2. The Kier molecular flexibility index (Phi) is 4.28. The fraction of sp³-hybridized carbons (Fsp3) is 0.250. The third-order valence-electron chi connectivity index (χ3n) is 4.96. The number of hydrogen-bond donors (Lipinski definition) is 0. The maximum atomic E-state index is 13.0. The van der Waals surface area contributed by atoms with Crippen LogP contribution in [0.3, 0.4) is 0 Å². The molecule has 0 atom stereocenters. The first kappa shape index (κ1) is 17.8. The van der Waals surface area contributed by atoms with Crippen molar-refractivity contribution < 1.29 is 13.2 Å². The molecule has 1 saturated heterocycles. The van der Waals surface area contributed by atoms with Gasteiger partial charge in [-0.25, -0.2) is 8.42 Å². The predicted octanol–water partition coefficient (Wildman–Crippen LogP) is 2.30. The minimum absolute atomic E-state index is 0.149. The van der Waals surface area contributed by atoms with Crippen molar-refractivity contribution in [1.29, 1.82) is 0 Å². The molecule has 1 aliphatic heterocycles. The zero-order chi connectivity index (χ0) is 19.2. The van der Waals surface area contributed by atoms with E-state index in [2.05, 4.69) is 0 Å². The average Bonchev–Trinajstić information content (AvgIpc) is 2.61. The van der Waals surface area contributed by atoms with Gasteiger partial charge < -0.3 is 9.30 Å². The first-order valence-electron chi connectivity index (χ1n) is 8.68. The highest BCUT2D eigenvalue weighted by Crippen LogP contribution is 2.29. The fourth-order valence-electron chi connectivity index (χ4n) is 3.23. The number of aryl methyl sites for hydroxylation is 1. The molecule has 0 aliphatic carbocycles. The monoisotopic (exact) mass is 384 g/mol. The predicted molar refractivity (Wildman–Crippen MR) is 104 cm³/mol. The summed E-state index contributed by atoms with van der Waals surface area (Å²) in [5, 5.41) is 1.61. The van der Waals surface area contributed by atoms with Gasteiger partial charge in [-0.15, -0.1) is 0 Å². The van der Waals surface area contributed by atoms with Gasteiger partial charge in [0.25, 0.3) is 5.56 Å². The standard InChI is InChI=1S/C20H20N2O4S/c1-14-10-16(11-20(23)21(14)2)26-17-12-22(13-17)27(24,25)19-9-5-7-15-6-3-4-8-18(15)19/h3-11,17H,12-13H2,1-2H3. The lowest BCUT2D eigenvalue weighted by molar-refractivity contribution is 0.0759. The van der Waals surface area contributed by atoms with E-state index in [0.717, 1.165) is 11.1 Å². The zero-order valence-corrected chi connectivity index (χ0v) is 15.9. The number of sulfonamides is 1. The van der Waals surface area contributed by atoms with Crippen molar-refractivity contribution in [2.45, 2.75) is 17.9 Å². The van der Waals surface area contributed by atoms with Crippen LogP contribution in [-0.4, -0.2) is 36.5 Å². The molecule has 0 unspecified atom stereocenters. The van der Waals surface area contributed by atoms with E-state index in [0.29, 0.717) is 16.0 Å². The molecule has 27 heavy (non-hydrogen) atoms. The number of fused-ring (bicyclic) bond motifs is 1. The van der Waals surface area contributed by atoms with E-state index in [-0.39, 0.29) is 24.8 Å². The van der Waals surface area contributed by atoms with Gasteiger partial charge in [-0.2, -0.15) is 4.31 Å². The molecule has 0 spiro atoms. The Bertz CT molecular complexity index is 1170. The van der Waals surface area contributed by atoms with Crippen LogP contribution < -0.4 is 10.3 Å². The molecule has 0 saturated carbocycles. The summed E-state index contributed by atoms with van der Waals surface area (Å²) in [5.74, 6) is 0.475. The van der Waals surface area contributed by atoms with Crippen LogP contribution in [0.2, 0.25) is 0 Å². The van der Waals surface area contributed by atoms with Crippen molar-refractivity contribution in [3.05, 3.63) is 70.6 Å². The third kappa shape index (κ3) is 3.13.